The number of aromatic nitrogens is 1. The summed E-state index contributed by atoms with van der Waals surface area (Å²) in [5, 5.41) is 0.792. The van der Waals surface area contributed by atoms with Crippen molar-refractivity contribution in [2.45, 2.75) is 33.1 Å². The third-order valence-electron chi connectivity index (χ3n) is 4.65. The van der Waals surface area contributed by atoms with E-state index in [-0.39, 0.29) is 12.5 Å². The van der Waals surface area contributed by atoms with E-state index in [1.807, 2.05) is 38.1 Å². The number of pyridine rings is 1. The number of esters is 1. The zero-order chi connectivity index (χ0) is 18.7. The molecule has 1 aliphatic rings. The molecule has 2 aromatic rings. The molecule has 136 valence electrons. The van der Waals surface area contributed by atoms with Gasteiger partial charge in [0.25, 0.3) is 5.91 Å². The molecule has 0 radical (unpaired) electrons. The van der Waals surface area contributed by atoms with Crippen LogP contribution in [-0.4, -0.2) is 41.5 Å². The maximum atomic E-state index is 12.8. The minimum atomic E-state index is -0.443. The Bertz CT molecular complexity index is 873. The van der Waals surface area contributed by atoms with Crippen LogP contribution in [0.1, 0.15) is 41.9 Å². The molecule has 1 aromatic carbocycles. The molecule has 3 rings (SSSR count). The van der Waals surface area contributed by atoms with Crippen LogP contribution in [0.2, 0.25) is 0 Å². The summed E-state index contributed by atoms with van der Waals surface area (Å²) in [4.78, 5) is 31.5. The van der Waals surface area contributed by atoms with Gasteiger partial charge in [0.15, 0.2) is 6.61 Å². The Morgan fingerprint density at radius 1 is 1.27 bits per heavy atom. The fourth-order valence-corrected chi connectivity index (χ4v) is 3.44. The second-order valence-corrected chi connectivity index (χ2v) is 6.72. The summed E-state index contributed by atoms with van der Waals surface area (Å²) in [7, 11) is 0. The Labute approximate surface area is 153 Å². The molecule has 5 heteroatoms. The summed E-state index contributed by atoms with van der Waals surface area (Å²) in [5.41, 5.74) is 4.20. The molecule has 0 bridgehead atoms. The highest BCUT2D eigenvalue weighted by Crippen LogP contribution is 2.30. The topological polar surface area (TPSA) is 59.5 Å². The standard InChI is InChI=1S/C21H24N2O3/c1-4-23(12-14(2)3)19(24)13-26-21(25)20-15-8-5-6-10-17(15)22-18-11-7-9-16(18)20/h5-6,8,10H,2,4,7,9,11-13H2,1,3H3. The van der Waals surface area contributed by atoms with Crippen molar-refractivity contribution in [3.8, 4) is 0 Å². The van der Waals surface area contributed by atoms with Gasteiger partial charge in [-0.3, -0.25) is 9.78 Å². The van der Waals surface area contributed by atoms with Crippen LogP contribution in [0.25, 0.3) is 10.9 Å². The third kappa shape index (κ3) is 3.62. The van der Waals surface area contributed by atoms with Crippen LogP contribution in [0.4, 0.5) is 0 Å². The molecule has 0 N–H and O–H groups in total. The first-order valence-corrected chi connectivity index (χ1v) is 9.01. The molecule has 1 aromatic heterocycles. The molecule has 0 spiro atoms. The first-order valence-electron chi connectivity index (χ1n) is 9.01. The molecular formula is C21H24N2O3. The molecule has 1 aliphatic carbocycles. The lowest BCUT2D eigenvalue weighted by Crippen LogP contribution is -2.35. The Hall–Kier alpha value is -2.69. The number of amides is 1. The van der Waals surface area contributed by atoms with E-state index in [0.717, 1.165) is 47.0 Å². The van der Waals surface area contributed by atoms with Crippen LogP contribution in [0.15, 0.2) is 36.4 Å². The van der Waals surface area contributed by atoms with Gasteiger partial charge < -0.3 is 9.64 Å². The summed E-state index contributed by atoms with van der Waals surface area (Å²) < 4.78 is 5.40. The molecule has 0 unspecified atom stereocenters. The number of para-hydroxylation sites is 1. The second-order valence-electron chi connectivity index (χ2n) is 6.72. The van der Waals surface area contributed by atoms with Crippen molar-refractivity contribution in [3.63, 3.8) is 0 Å². The summed E-state index contributed by atoms with van der Waals surface area (Å²) in [5.74, 6) is -0.652. The van der Waals surface area contributed by atoms with Crippen LogP contribution < -0.4 is 0 Å². The van der Waals surface area contributed by atoms with E-state index in [1.165, 1.54) is 0 Å². The predicted molar refractivity (Wildman–Crippen MR) is 101 cm³/mol. The smallest absolute Gasteiger partial charge is 0.339 e. The number of fused-ring (bicyclic) bond motifs is 2. The molecule has 0 saturated heterocycles. The fourth-order valence-electron chi connectivity index (χ4n) is 3.44. The number of likely N-dealkylation sites (N-methyl/N-ethyl adjacent to an activating group) is 1. The maximum Gasteiger partial charge on any atom is 0.339 e. The van der Waals surface area contributed by atoms with Crippen LogP contribution in [0, 0.1) is 0 Å². The average molecular weight is 352 g/mol. The number of aryl methyl sites for hydroxylation is 1. The number of hydrogen-bond acceptors (Lipinski definition) is 4. The van der Waals surface area contributed by atoms with Crippen LogP contribution in [0.5, 0.6) is 0 Å². The highest BCUT2D eigenvalue weighted by Gasteiger charge is 2.25. The number of rotatable bonds is 6. The number of nitrogens with zero attached hydrogens (tertiary/aromatic N) is 2. The molecular weight excluding hydrogens is 328 g/mol. The predicted octanol–water partition coefficient (Wildman–Crippen LogP) is 3.30. The average Bonchev–Trinajstić information content (AvgIpc) is 3.09. The van der Waals surface area contributed by atoms with Gasteiger partial charge in [0.1, 0.15) is 0 Å². The van der Waals surface area contributed by atoms with Gasteiger partial charge >= 0.3 is 5.97 Å². The largest absolute Gasteiger partial charge is 0.452 e. The van der Waals surface area contributed by atoms with Gasteiger partial charge in [-0.15, -0.1) is 0 Å². The van der Waals surface area contributed by atoms with Crippen molar-refractivity contribution in [2.24, 2.45) is 0 Å². The highest BCUT2D eigenvalue weighted by atomic mass is 16.5. The second kappa shape index (κ2) is 7.68. The normalized spacial score (nSPS) is 12.7. The van der Waals surface area contributed by atoms with Gasteiger partial charge in [0.2, 0.25) is 0 Å². The fraction of sp³-hybridized carbons (Fsp3) is 0.381. The van der Waals surface area contributed by atoms with Gasteiger partial charge in [0.05, 0.1) is 11.1 Å². The first-order chi connectivity index (χ1) is 12.5. The molecule has 0 aliphatic heterocycles. The van der Waals surface area contributed by atoms with E-state index in [9.17, 15) is 9.59 Å². The quantitative estimate of drug-likeness (QED) is 0.591. The minimum absolute atomic E-state index is 0.209. The van der Waals surface area contributed by atoms with Crippen molar-refractivity contribution >= 4 is 22.8 Å². The molecule has 1 heterocycles. The number of carbonyl (C=O) groups is 2. The Balaban J connectivity index is 1.82. The lowest BCUT2D eigenvalue weighted by Gasteiger charge is -2.21. The zero-order valence-electron chi connectivity index (χ0n) is 15.4. The first kappa shape index (κ1) is 18.1. The molecule has 26 heavy (non-hydrogen) atoms. The van der Waals surface area contributed by atoms with Crippen molar-refractivity contribution < 1.29 is 14.3 Å². The van der Waals surface area contributed by atoms with Crippen molar-refractivity contribution in [3.05, 3.63) is 53.2 Å². The SMILES string of the molecule is C=C(C)CN(CC)C(=O)COC(=O)c1c2c(nc3ccccc13)CCC2. The lowest BCUT2D eigenvalue weighted by atomic mass is 10.0. The summed E-state index contributed by atoms with van der Waals surface area (Å²) >= 11 is 0. The summed E-state index contributed by atoms with van der Waals surface area (Å²) in [6.45, 7) is 8.36. The van der Waals surface area contributed by atoms with E-state index in [0.29, 0.717) is 18.7 Å². The zero-order valence-corrected chi connectivity index (χ0v) is 15.4. The Morgan fingerprint density at radius 2 is 2.04 bits per heavy atom. The number of ether oxygens (including phenoxy) is 1. The molecule has 1 amide bonds. The summed E-state index contributed by atoms with van der Waals surface area (Å²) in [6, 6.07) is 7.59. The summed E-state index contributed by atoms with van der Waals surface area (Å²) in [6.07, 6.45) is 2.68. The van der Waals surface area contributed by atoms with E-state index in [1.54, 1.807) is 4.90 Å². The van der Waals surface area contributed by atoms with Gasteiger partial charge in [0, 0.05) is 24.2 Å². The molecule has 0 saturated carbocycles. The number of hydrogen-bond donors (Lipinski definition) is 0. The van der Waals surface area contributed by atoms with E-state index in [2.05, 4.69) is 11.6 Å². The highest BCUT2D eigenvalue weighted by molar-refractivity contribution is 6.05. The monoisotopic (exact) mass is 352 g/mol. The lowest BCUT2D eigenvalue weighted by molar-refractivity contribution is -0.133. The molecule has 0 atom stereocenters. The van der Waals surface area contributed by atoms with Crippen LogP contribution in [0.3, 0.4) is 0 Å². The van der Waals surface area contributed by atoms with E-state index < -0.39 is 5.97 Å². The van der Waals surface area contributed by atoms with Crippen LogP contribution >= 0.6 is 0 Å². The van der Waals surface area contributed by atoms with E-state index in [4.69, 9.17) is 4.74 Å². The number of benzene rings is 1. The van der Waals surface area contributed by atoms with Gasteiger partial charge in [-0.25, -0.2) is 4.79 Å². The van der Waals surface area contributed by atoms with Crippen LogP contribution in [-0.2, 0) is 22.4 Å². The molecule has 0 fully saturated rings. The minimum Gasteiger partial charge on any atom is -0.452 e. The van der Waals surface area contributed by atoms with Crippen molar-refractivity contribution in [1.29, 1.82) is 0 Å². The van der Waals surface area contributed by atoms with E-state index >= 15 is 0 Å². The Kier molecular flexibility index (Phi) is 5.35. The van der Waals surface area contributed by atoms with Crippen molar-refractivity contribution in [2.75, 3.05) is 19.7 Å². The molecule has 5 nitrogen and oxygen atoms in total. The van der Waals surface area contributed by atoms with Gasteiger partial charge in [-0.05, 0) is 44.7 Å². The number of carbonyl (C=O) groups excluding carboxylic acids is 2. The third-order valence-corrected chi connectivity index (χ3v) is 4.65. The van der Waals surface area contributed by atoms with Gasteiger partial charge in [-0.2, -0.15) is 0 Å². The van der Waals surface area contributed by atoms with Gasteiger partial charge in [-0.1, -0.05) is 30.4 Å². The maximum absolute atomic E-state index is 12.8. The Morgan fingerprint density at radius 3 is 2.77 bits per heavy atom. The van der Waals surface area contributed by atoms with Crippen molar-refractivity contribution in [1.82, 2.24) is 9.88 Å².